The minimum atomic E-state index is -1.85. The lowest BCUT2D eigenvalue weighted by atomic mass is 9.86. The first kappa shape index (κ1) is 18.5. The topological polar surface area (TPSA) is 110 Å². The summed E-state index contributed by atoms with van der Waals surface area (Å²) in [4.78, 5) is 35.5. The molecule has 1 aliphatic heterocycles. The normalized spacial score (nSPS) is 18.4. The summed E-state index contributed by atoms with van der Waals surface area (Å²) in [6, 6.07) is 11.6. The summed E-state index contributed by atoms with van der Waals surface area (Å²) in [7, 11) is 1.52. The molecule has 2 N–H and O–H groups in total. The van der Waals surface area contributed by atoms with Crippen LogP contribution in [0.15, 0.2) is 53.8 Å². The number of carbonyl (C=O) groups excluding carboxylic acids is 2. The zero-order valence-corrected chi connectivity index (χ0v) is 14.7. The van der Waals surface area contributed by atoms with Crippen molar-refractivity contribution in [2.24, 2.45) is 5.16 Å². The van der Waals surface area contributed by atoms with Gasteiger partial charge in [0.25, 0.3) is 11.5 Å². The standard InChI is InChI=1S/C19H19N3O5/c1-26-14-7-5-13(6-8-14)17(24)19(18(25)21-10-11-23)12-16(22-27-19)15-4-2-3-9-20-15/h2-9,23H,10-12H2,1H3,(H,21,25). The van der Waals surface area contributed by atoms with Crippen LogP contribution in [0.2, 0.25) is 0 Å². The van der Waals surface area contributed by atoms with Gasteiger partial charge in [-0.3, -0.25) is 14.6 Å². The average Bonchev–Trinajstić information content (AvgIpc) is 3.19. The van der Waals surface area contributed by atoms with Crippen LogP contribution in [0.3, 0.4) is 0 Å². The largest absolute Gasteiger partial charge is 0.497 e. The van der Waals surface area contributed by atoms with Crippen LogP contribution in [0.1, 0.15) is 22.5 Å². The van der Waals surface area contributed by atoms with Crippen LogP contribution in [0.4, 0.5) is 0 Å². The van der Waals surface area contributed by atoms with E-state index in [4.69, 9.17) is 14.7 Å². The Morgan fingerprint density at radius 1 is 1.26 bits per heavy atom. The molecular formula is C19H19N3O5. The minimum Gasteiger partial charge on any atom is -0.497 e. The van der Waals surface area contributed by atoms with Crippen molar-refractivity contribution >= 4 is 17.4 Å². The van der Waals surface area contributed by atoms with Gasteiger partial charge >= 0.3 is 0 Å². The van der Waals surface area contributed by atoms with Gasteiger partial charge < -0.3 is 20.0 Å². The fourth-order valence-electron chi connectivity index (χ4n) is 2.74. The number of nitrogens with zero attached hydrogens (tertiary/aromatic N) is 2. The van der Waals surface area contributed by atoms with Crippen LogP contribution < -0.4 is 10.1 Å². The van der Waals surface area contributed by atoms with E-state index in [-0.39, 0.29) is 25.1 Å². The van der Waals surface area contributed by atoms with Crippen LogP contribution in [0.25, 0.3) is 0 Å². The van der Waals surface area contributed by atoms with Crippen molar-refractivity contribution < 1.29 is 24.3 Å². The maximum absolute atomic E-state index is 13.2. The number of oxime groups is 1. The second-order valence-corrected chi connectivity index (χ2v) is 5.89. The van der Waals surface area contributed by atoms with Crippen molar-refractivity contribution in [3.05, 3.63) is 59.9 Å². The Bertz CT molecular complexity index is 851. The number of hydrogen-bond donors (Lipinski definition) is 2. The molecule has 0 aliphatic carbocycles. The van der Waals surface area contributed by atoms with E-state index >= 15 is 0 Å². The molecule has 0 spiro atoms. The van der Waals surface area contributed by atoms with Crippen LogP contribution in [0, 0.1) is 0 Å². The van der Waals surface area contributed by atoms with Crippen molar-refractivity contribution in [3.8, 4) is 5.75 Å². The molecule has 27 heavy (non-hydrogen) atoms. The van der Waals surface area contributed by atoms with Gasteiger partial charge in [0.05, 0.1) is 25.8 Å². The minimum absolute atomic E-state index is 0.00123. The summed E-state index contributed by atoms with van der Waals surface area (Å²) in [5.41, 5.74) is -0.641. The number of ether oxygens (including phenoxy) is 1. The molecule has 3 rings (SSSR count). The van der Waals surface area contributed by atoms with E-state index in [1.807, 2.05) is 0 Å². The highest BCUT2D eigenvalue weighted by molar-refractivity contribution is 6.21. The number of ketones is 1. The molecule has 8 heteroatoms. The monoisotopic (exact) mass is 369 g/mol. The van der Waals surface area contributed by atoms with E-state index in [1.165, 1.54) is 7.11 Å². The third-order valence-electron chi connectivity index (χ3n) is 4.17. The number of amides is 1. The lowest BCUT2D eigenvalue weighted by Crippen LogP contribution is -2.53. The first-order valence-electron chi connectivity index (χ1n) is 8.35. The maximum Gasteiger partial charge on any atom is 0.282 e. The first-order valence-corrected chi connectivity index (χ1v) is 8.35. The van der Waals surface area contributed by atoms with E-state index in [9.17, 15) is 9.59 Å². The molecule has 2 aromatic rings. The van der Waals surface area contributed by atoms with Gasteiger partial charge in [0.1, 0.15) is 11.5 Å². The Morgan fingerprint density at radius 2 is 2.04 bits per heavy atom. The van der Waals surface area contributed by atoms with Gasteiger partial charge in [-0.25, -0.2) is 0 Å². The maximum atomic E-state index is 13.2. The van der Waals surface area contributed by atoms with Crippen LogP contribution in [-0.4, -0.2) is 53.4 Å². The summed E-state index contributed by atoms with van der Waals surface area (Å²) in [6.07, 6.45) is 1.53. The quantitative estimate of drug-likeness (QED) is 0.555. The van der Waals surface area contributed by atoms with Crippen molar-refractivity contribution in [1.29, 1.82) is 0 Å². The van der Waals surface area contributed by atoms with Crippen molar-refractivity contribution in [2.45, 2.75) is 12.0 Å². The lowest BCUT2D eigenvalue weighted by Gasteiger charge is -2.24. The lowest BCUT2D eigenvalue weighted by molar-refractivity contribution is -0.138. The number of aliphatic hydroxyl groups excluding tert-OH is 1. The number of benzene rings is 1. The molecule has 1 unspecified atom stereocenters. The number of nitrogens with one attached hydrogen (secondary N) is 1. The average molecular weight is 369 g/mol. The smallest absolute Gasteiger partial charge is 0.282 e. The van der Waals surface area contributed by atoms with E-state index < -0.39 is 17.3 Å². The fraction of sp³-hybridized carbons (Fsp3) is 0.263. The highest BCUT2D eigenvalue weighted by Gasteiger charge is 2.53. The third-order valence-corrected chi connectivity index (χ3v) is 4.17. The highest BCUT2D eigenvalue weighted by atomic mass is 16.7. The van der Waals surface area contributed by atoms with Crippen molar-refractivity contribution in [1.82, 2.24) is 10.3 Å². The van der Waals surface area contributed by atoms with E-state index in [1.54, 1.807) is 48.7 Å². The molecule has 1 atom stereocenters. The number of hydrogen-bond acceptors (Lipinski definition) is 7. The molecule has 2 heterocycles. The Labute approximate surface area is 155 Å². The summed E-state index contributed by atoms with van der Waals surface area (Å²) >= 11 is 0. The summed E-state index contributed by atoms with van der Waals surface area (Å²) in [5, 5.41) is 15.5. The molecule has 1 aliphatic rings. The number of methoxy groups -OCH3 is 1. The molecule has 1 aromatic heterocycles. The van der Waals surface area contributed by atoms with Crippen LogP contribution >= 0.6 is 0 Å². The first-order chi connectivity index (χ1) is 13.1. The van der Waals surface area contributed by atoms with Gasteiger partial charge in [0.15, 0.2) is 0 Å². The SMILES string of the molecule is COc1ccc(C(=O)C2(C(=O)NCCO)CC(c3ccccn3)=NO2)cc1. The summed E-state index contributed by atoms with van der Waals surface area (Å²) in [6.45, 7) is -0.259. The Balaban J connectivity index is 1.92. The van der Waals surface area contributed by atoms with Crippen molar-refractivity contribution in [2.75, 3.05) is 20.3 Å². The number of Topliss-reactive ketones (excluding diaryl/α,β-unsaturated/α-hetero) is 1. The molecule has 8 nitrogen and oxygen atoms in total. The number of pyridine rings is 1. The molecule has 1 amide bonds. The molecule has 1 aromatic carbocycles. The molecular weight excluding hydrogens is 350 g/mol. The third kappa shape index (κ3) is 3.65. The molecule has 0 bridgehead atoms. The van der Waals surface area contributed by atoms with E-state index in [0.717, 1.165) is 0 Å². The zero-order chi connectivity index (χ0) is 19.3. The van der Waals surface area contributed by atoms with E-state index in [0.29, 0.717) is 17.2 Å². The summed E-state index contributed by atoms with van der Waals surface area (Å²) < 4.78 is 5.09. The summed E-state index contributed by atoms with van der Waals surface area (Å²) in [5.74, 6) is -0.606. The molecule has 0 fully saturated rings. The fourth-order valence-corrected chi connectivity index (χ4v) is 2.74. The number of rotatable bonds is 7. The highest BCUT2D eigenvalue weighted by Crippen LogP contribution is 2.31. The second-order valence-electron chi connectivity index (χ2n) is 5.89. The molecule has 140 valence electrons. The van der Waals surface area contributed by atoms with Gasteiger partial charge in [-0.1, -0.05) is 11.2 Å². The van der Waals surface area contributed by atoms with Gasteiger partial charge in [0.2, 0.25) is 5.78 Å². The van der Waals surface area contributed by atoms with Gasteiger partial charge in [-0.15, -0.1) is 0 Å². The number of carbonyl (C=O) groups is 2. The Kier molecular flexibility index (Phi) is 5.46. The Morgan fingerprint density at radius 3 is 2.67 bits per heavy atom. The molecule has 0 saturated carbocycles. The zero-order valence-electron chi connectivity index (χ0n) is 14.7. The number of aromatic nitrogens is 1. The van der Waals surface area contributed by atoms with Crippen LogP contribution in [-0.2, 0) is 9.63 Å². The second kappa shape index (κ2) is 7.96. The van der Waals surface area contributed by atoms with Gasteiger partial charge in [0, 0.05) is 18.3 Å². The predicted octanol–water partition coefficient (Wildman–Crippen LogP) is 0.945. The molecule has 0 radical (unpaired) electrons. The molecule has 0 saturated heterocycles. The van der Waals surface area contributed by atoms with Crippen LogP contribution in [0.5, 0.6) is 5.75 Å². The van der Waals surface area contributed by atoms with Gasteiger partial charge in [-0.05, 0) is 36.4 Å². The van der Waals surface area contributed by atoms with Crippen molar-refractivity contribution in [3.63, 3.8) is 0 Å². The van der Waals surface area contributed by atoms with Gasteiger partial charge in [-0.2, -0.15) is 0 Å². The number of aliphatic hydroxyl groups is 1. The predicted molar refractivity (Wildman–Crippen MR) is 96.6 cm³/mol. The van der Waals surface area contributed by atoms with E-state index in [2.05, 4.69) is 15.5 Å². The Hall–Kier alpha value is -3.26.